The third-order valence-corrected chi connectivity index (χ3v) is 4.31. The number of ether oxygens (including phenoxy) is 2. The highest BCUT2D eigenvalue weighted by Crippen LogP contribution is 2.52. The first kappa shape index (κ1) is 13.1. The number of hydrogen-bond acceptors (Lipinski definition) is 4. The molecule has 0 saturated heterocycles. The van der Waals surface area contributed by atoms with Gasteiger partial charge in [0.25, 0.3) is 0 Å². The summed E-state index contributed by atoms with van der Waals surface area (Å²) in [6, 6.07) is 0. The van der Waals surface area contributed by atoms with E-state index in [1.807, 2.05) is 0 Å². The van der Waals surface area contributed by atoms with Crippen LogP contribution in [0.25, 0.3) is 0 Å². The summed E-state index contributed by atoms with van der Waals surface area (Å²) in [5.74, 6) is -0.608. The van der Waals surface area contributed by atoms with E-state index in [9.17, 15) is 9.59 Å². The summed E-state index contributed by atoms with van der Waals surface area (Å²) in [7, 11) is 2.76. The lowest BCUT2D eigenvalue weighted by molar-refractivity contribution is -0.180. The normalized spacial score (nSPS) is 36.3. The van der Waals surface area contributed by atoms with E-state index in [0.717, 1.165) is 25.7 Å². The summed E-state index contributed by atoms with van der Waals surface area (Å²) in [5.41, 5.74) is 0. The Hall–Kier alpha value is -1.32. The van der Waals surface area contributed by atoms with E-state index in [1.165, 1.54) is 14.2 Å². The minimum Gasteiger partial charge on any atom is -0.469 e. The average Bonchev–Trinajstić information content (AvgIpc) is 2.35. The molecule has 100 valence electrons. The van der Waals surface area contributed by atoms with Crippen LogP contribution in [0.3, 0.4) is 0 Å². The SMILES string of the molecule is COC(=O)[C@@H]1[C@H]2CC/C=C/CC[C@@H]2[C@@H]1C(=O)OC. The van der Waals surface area contributed by atoms with Crippen LogP contribution in [0.2, 0.25) is 0 Å². The first-order chi connectivity index (χ1) is 8.70. The van der Waals surface area contributed by atoms with Crippen molar-refractivity contribution in [3.63, 3.8) is 0 Å². The van der Waals surface area contributed by atoms with E-state index in [1.54, 1.807) is 0 Å². The number of allylic oxidation sites excluding steroid dienone is 2. The molecule has 4 nitrogen and oxygen atoms in total. The number of rotatable bonds is 2. The van der Waals surface area contributed by atoms with Gasteiger partial charge in [-0.15, -0.1) is 0 Å². The highest BCUT2D eigenvalue weighted by atomic mass is 16.5. The fraction of sp³-hybridized carbons (Fsp3) is 0.714. The monoisotopic (exact) mass is 252 g/mol. The van der Waals surface area contributed by atoms with Gasteiger partial charge in [0.15, 0.2) is 0 Å². The molecule has 0 spiro atoms. The standard InChI is InChI=1S/C14H20O4/c1-17-13(15)11-9-7-5-3-4-6-8-10(9)12(11)14(16)18-2/h3-4,9-12H,5-8H2,1-2H3/b4-3+/t9-,10-,11-,12+/m0/s1. The number of hydrogen-bond donors (Lipinski definition) is 0. The van der Waals surface area contributed by atoms with Gasteiger partial charge in [0.2, 0.25) is 0 Å². The molecule has 1 saturated carbocycles. The Kier molecular flexibility index (Phi) is 4.04. The summed E-state index contributed by atoms with van der Waals surface area (Å²) in [6.07, 6.45) is 8.18. The molecule has 0 aromatic rings. The molecule has 0 heterocycles. The molecule has 4 heteroatoms. The maximum Gasteiger partial charge on any atom is 0.309 e. The van der Waals surface area contributed by atoms with Crippen LogP contribution in [0, 0.1) is 23.7 Å². The topological polar surface area (TPSA) is 52.6 Å². The molecule has 2 aliphatic rings. The Bertz CT molecular complexity index is 327. The second-order valence-electron chi connectivity index (χ2n) is 5.05. The van der Waals surface area contributed by atoms with Crippen LogP contribution in [0.15, 0.2) is 12.2 Å². The van der Waals surface area contributed by atoms with Crippen molar-refractivity contribution < 1.29 is 19.1 Å². The van der Waals surface area contributed by atoms with E-state index < -0.39 is 0 Å². The minimum atomic E-state index is -0.307. The van der Waals surface area contributed by atoms with Gasteiger partial charge in [-0.1, -0.05) is 12.2 Å². The molecule has 0 radical (unpaired) electrons. The average molecular weight is 252 g/mol. The quantitative estimate of drug-likeness (QED) is 0.556. The molecule has 4 atom stereocenters. The third-order valence-electron chi connectivity index (χ3n) is 4.31. The van der Waals surface area contributed by atoms with Crippen molar-refractivity contribution in [3.8, 4) is 0 Å². The third kappa shape index (κ3) is 2.16. The van der Waals surface area contributed by atoms with Crippen LogP contribution in [0.1, 0.15) is 25.7 Å². The van der Waals surface area contributed by atoms with Gasteiger partial charge in [-0.2, -0.15) is 0 Å². The number of methoxy groups -OCH3 is 2. The maximum atomic E-state index is 11.8. The highest BCUT2D eigenvalue weighted by Gasteiger charge is 2.57. The molecule has 0 aromatic carbocycles. The van der Waals surface area contributed by atoms with E-state index >= 15 is 0 Å². The summed E-state index contributed by atoms with van der Waals surface area (Å²) in [5, 5.41) is 0. The summed E-state index contributed by atoms with van der Waals surface area (Å²) in [4.78, 5) is 23.7. The van der Waals surface area contributed by atoms with Crippen molar-refractivity contribution in [2.45, 2.75) is 25.7 Å². The summed E-state index contributed by atoms with van der Waals surface area (Å²) >= 11 is 0. The van der Waals surface area contributed by atoms with Crippen molar-refractivity contribution in [1.82, 2.24) is 0 Å². The number of fused-ring (bicyclic) bond motifs is 1. The van der Waals surface area contributed by atoms with Gasteiger partial charge in [-0.3, -0.25) is 9.59 Å². The first-order valence-corrected chi connectivity index (χ1v) is 6.51. The molecule has 0 aliphatic heterocycles. The molecule has 0 unspecified atom stereocenters. The molecular weight excluding hydrogens is 232 g/mol. The Morgan fingerprint density at radius 1 is 0.889 bits per heavy atom. The van der Waals surface area contributed by atoms with Gasteiger partial charge in [-0.25, -0.2) is 0 Å². The van der Waals surface area contributed by atoms with E-state index in [4.69, 9.17) is 9.47 Å². The smallest absolute Gasteiger partial charge is 0.309 e. The molecule has 0 bridgehead atoms. The Labute approximate surface area is 107 Å². The molecule has 18 heavy (non-hydrogen) atoms. The lowest BCUT2D eigenvalue weighted by atomic mass is 9.53. The van der Waals surface area contributed by atoms with E-state index in [2.05, 4.69) is 12.2 Å². The van der Waals surface area contributed by atoms with Crippen LogP contribution in [0.4, 0.5) is 0 Å². The summed E-state index contributed by atoms with van der Waals surface area (Å²) in [6.45, 7) is 0. The molecule has 1 fully saturated rings. The maximum absolute atomic E-state index is 11.8. The van der Waals surface area contributed by atoms with E-state index in [-0.39, 0.29) is 35.6 Å². The van der Waals surface area contributed by atoms with Crippen LogP contribution >= 0.6 is 0 Å². The van der Waals surface area contributed by atoms with Crippen molar-refractivity contribution in [3.05, 3.63) is 12.2 Å². The van der Waals surface area contributed by atoms with Crippen molar-refractivity contribution >= 4 is 11.9 Å². The molecular formula is C14H20O4. The van der Waals surface area contributed by atoms with Crippen LogP contribution in [-0.4, -0.2) is 26.2 Å². The predicted octanol–water partition coefficient (Wildman–Crippen LogP) is 1.94. The van der Waals surface area contributed by atoms with Crippen LogP contribution in [0.5, 0.6) is 0 Å². The van der Waals surface area contributed by atoms with Gasteiger partial charge in [0.1, 0.15) is 0 Å². The zero-order chi connectivity index (χ0) is 13.1. The molecule has 2 rings (SSSR count). The number of carbonyl (C=O) groups is 2. The van der Waals surface area contributed by atoms with Gasteiger partial charge in [-0.05, 0) is 37.5 Å². The second-order valence-corrected chi connectivity index (χ2v) is 5.05. The van der Waals surface area contributed by atoms with Gasteiger partial charge in [0, 0.05) is 0 Å². The largest absolute Gasteiger partial charge is 0.469 e. The lowest BCUT2D eigenvalue weighted by Crippen LogP contribution is -2.54. The Balaban J connectivity index is 2.17. The van der Waals surface area contributed by atoms with Crippen molar-refractivity contribution in [1.29, 1.82) is 0 Å². The second kappa shape index (κ2) is 5.55. The van der Waals surface area contributed by atoms with Gasteiger partial charge >= 0.3 is 11.9 Å². The van der Waals surface area contributed by atoms with Gasteiger partial charge in [0.05, 0.1) is 26.1 Å². The molecule has 0 N–H and O–H groups in total. The summed E-state index contributed by atoms with van der Waals surface area (Å²) < 4.78 is 9.67. The molecule has 0 amide bonds. The molecule has 2 aliphatic carbocycles. The Morgan fingerprint density at radius 3 is 1.61 bits per heavy atom. The van der Waals surface area contributed by atoms with Crippen LogP contribution in [-0.2, 0) is 19.1 Å². The first-order valence-electron chi connectivity index (χ1n) is 6.51. The van der Waals surface area contributed by atoms with Gasteiger partial charge < -0.3 is 9.47 Å². The number of esters is 2. The minimum absolute atomic E-state index is 0.267. The highest BCUT2D eigenvalue weighted by molar-refractivity contribution is 5.84. The Morgan fingerprint density at radius 2 is 1.28 bits per heavy atom. The molecule has 0 aromatic heterocycles. The fourth-order valence-electron chi connectivity index (χ4n) is 3.44. The van der Waals surface area contributed by atoms with Crippen molar-refractivity contribution in [2.24, 2.45) is 23.7 Å². The zero-order valence-electron chi connectivity index (χ0n) is 10.9. The van der Waals surface area contributed by atoms with E-state index in [0.29, 0.717) is 0 Å². The lowest BCUT2D eigenvalue weighted by Gasteiger charge is -2.49. The van der Waals surface area contributed by atoms with Crippen LogP contribution < -0.4 is 0 Å². The predicted molar refractivity (Wildman–Crippen MR) is 65.6 cm³/mol. The zero-order valence-corrected chi connectivity index (χ0v) is 10.9. The van der Waals surface area contributed by atoms with Crippen molar-refractivity contribution in [2.75, 3.05) is 14.2 Å². The number of carbonyl (C=O) groups excluding carboxylic acids is 2. The fourth-order valence-corrected chi connectivity index (χ4v) is 3.44.